The minimum atomic E-state index is -0.399. The fourth-order valence-electron chi connectivity index (χ4n) is 2.78. The zero-order valence-corrected chi connectivity index (χ0v) is 14.3. The molecule has 0 spiro atoms. The Morgan fingerprint density at radius 2 is 2.22 bits per heavy atom. The molecule has 23 heavy (non-hydrogen) atoms. The summed E-state index contributed by atoms with van der Waals surface area (Å²) < 4.78 is 0. The number of aldehydes is 1. The van der Waals surface area contributed by atoms with Gasteiger partial charge in [-0.3, -0.25) is 9.91 Å². The van der Waals surface area contributed by atoms with Crippen molar-refractivity contribution in [2.45, 2.75) is 51.4 Å². The molecule has 0 bridgehead atoms. The van der Waals surface area contributed by atoms with E-state index in [4.69, 9.17) is 11.6 Å². The van der Waals surface area contributed by atoms with Crippen LogP contribution in [0.2, 0.25) is 0 Å². The van der Waals surface area contributed by atoms with Crippen molar-refractivity contribution in [2.75, 3.05) is 6.54 Å². The molecule has 2 amide bonds. The lowest BCUT2D eigenvalue weighted by Crippen LogP contribution is -2.54. The highest BCUT2D eigenvalue weighted by Gasteiger charge is 2.44. The van der Waals surface area contributed by atoms with Gasteiger partial charge in [0.15, 0.2) is 0 Å². The normalized spacial score (nSPS) is 27.0. The Balaban J connectivity index is 1.89. The number of fused-ring (bicyclic) bond motifs is 1. The highest BCUT2D eigenvalue weighted by molar-refractivity contribution is 6.68. The van der Waals surface area contributed by atoms with Gasteiger partial charge in [0.2, 0.25) is 0 Å². The van der Waals surface area contributed by atoms with Crippen molar-refractivity contribution in [3.63, 3.8) is 0 Å². The molecule has 3 aliphatic rings. The van der Waals surface area contributed by atoms with Crippen LogP contribution < -0.4 is 10.7 Å². The average molecular weight is 340 g/mol. The number of hydrazine groups is 1. The van der Waals surface area contributed by atoms with Crippen LogP contribution in [0.5, 0.6) is 0 Å². The number of hydrogen-bond donors (Lipinski definition) is 2. The summed E-state index contributed by atoms with van der Waals surface area (Å²) >= 11 is 6.15. The second kappa shape index (κ2) is 5.79. The highest BCUT2D eigenvalue weighted by atomic mass is 35.5. The van der Waals surface area contributed by atoms with Gasteiger partial charge in [0.05, 0.1) is 5.92 Å². The van der Waals surface area contributed by atoms with E-state index in [0.29, 0.717) is 17.5 Å². The van der Waals surface area contributed by atoms with Gasteiger partial charge in [-0.15, -0.1) is 0 Å². The Morgan fingerprint density at radius 1 is 1.52 bits per heavy atom. The standard InChI is InChI=1S/C15H22ClN5O2/c1-15(2,3)19-14(23)20(10-4-5-10)12-6-11(16)18-13-9(8-22)7-17-21(12)13/h6,8-10,13,17H,4-5,7H2,1-3H3,(H,19,23). The van der Waals surface area contributed by atoms with Crippen LogP contribution >= 0.6 is 11.6 Å². The fourth-order valence-corrected chi connectivity index (χ4v) is 2.98. The van der Waals surface area contributed by atoms with Crippen molar-refractivity contribution in [3.05, 3.63) is 11.9 Å². The molecular weight excluding hydrogens is 318 g/mol. The van der Waals surface area contributed by atoms with Gasteiger partial charge < -0.3 is 10.1 Å². The number of carbonyl (C=O) groups excluding carboxylic acids is 2. The molecule has 0 aromatic rings. The Bertz CT molecular complexity index is 579. The van der Waals surface area contributed by atoms with Crippen molar-refractivity contribution in [2.24, 2.45) is 10.9 Å². The molecule has 2 aliphatic heterocycles. The summed E-state index contributed by atoms with van der Waals surface area (Å²) in [5, 5.41) is 5.09. The van der Waals surface area contributed by atoms with Crippen LogP contribution in [0, 0.1) is 5.92 Å². The second-order valence-corrected chi connectivity index (χ2v) is 7.57. The van der Waals surface area contributed by atoms with E-state index >= 15 is 0 Å². The zero-order valence-electron chi connectivity index (χ0n) is 13.5. The van der Waals surface area contributed by atoms with E-state index in [1.54, 1.807) is 16.0 Å². The van der Waals surface area contributed by atoms with E-state index in [1.165, 1.54) is 0 Å². The molecule has 2 N–H and O–H groups in total. The number of allylic oxidation sites excluding steroid dienone is 1. The third kappa shape index (κ3) is 3.35. The minimum absolute atomic E-state index is 0.156. The third-order valence-electron chi connectivity index (χ3n) is 3.93. The summed E-state index contributed by atoms with van der Waals surface area (Å²) in [5.41, 5.74) is 2.82. The van der Waals surface area contributed by atoms with Gasteiger partial charge in [-0.1, -0.05) is 11.6 Å². The van der Waals surface area contributed by atoms with Crippen molar-refractivity contribution >= 4 is 29.1 Å². The third-order valence-corrected chi connectivity index (χ3v) is 4.14. The summed E-state index contributed by atoms with van der Waals surface area (Å²) in [5.74, 6) is 0.378. The number of halogens is 1. The summed E-state index contributed by atoms with van der Waals surface area (Å²) in [6.07, 6.45) is 4.08. The van der Waals surface area contributed by atoms with E-state index in [0.717, 1.165) is 19.1 Å². The predicted octanol–water partition coefficient (Wildman–Crippen LogP) is 1.41. The molecule has 8 heteroatoms. The van der Waals surface area contributed by atoms with E-state index in [9.17, 15) is 9.59 Å². The Morgan fingerprint density at radius 3 is 2.78 bits per heavy atom. The van der Waals surface area contributed by atoms with Gasteiger partial charge in [-0.05, 0) is 33.6 Å². The van der Waals surface area contributed by atoms with Gasteiger partial charge >= 0.3 is 6.03 Å². The van der Waals surface area contributed by atoms with Gasteiger partial charge in [0.1, 0.15) is 23.4 Å². The largest absolute Gasteiger partial charge is 0.333 e. The first-order chi connectivity index (χ1) is 10.8. The smallest absolute Gasteiger partial charge is 0.323 e. The molecular formula is C15H22ClN5O2. The SMILES string of the molecule is CC(C)(C)NC(=O)N(C1=CC(Cl)=NC2C(C=O)CNN12)C1CC1. The van der Waals surface area contributed by atoms with E-state index in [-0.39, 0.29) is 23.5 Å². The predicted molar refractivity (Wildman–Crippen MR) is 87.7 cm³/mol. The number of hydrogen-bond acceptors (Lipinski definition) is 5. The lowest BCUT2D eigenvalue weighted by molar-refractivity contribution is -0.111. The van der Waals surface area contributed by atoms with Crippen LogP contribution in [0.1, 0.15) is 33.6 Å². The maximum Gasteiger partial charge on any atom is 0.323 e. The second-order valence-electron chi connectivity index (χ2n) is 7.18. The first-order valence-corrected chi connectivity index (χ1v) is 8.22. The number of urea groups is 1. The van der Waals surface area contributed by atoms with E-state index < -0.39 is 6.17 Å². The molecule has 1 saturated heterocycles. The average Bonchev–Trinajstić information content (AvgIpc) is 3.16. The number of nitrogens with zero attached hydrogens (tertiary/aromatic N) is 3. The maximum absolute atomic E-state index is 12.8. The molecule has 2 atom stereocenters. The van der Waals surface area contributed by atoms with Crippen molar-refractivity contribution < 1.29 is 9.59 Å². The number of carbonyl (C=O) groups is 2. The fraction of sp³-hybridized carbons (Fsp3) is 0.667. The molecule has 1 aliphatic carbocycles. The first kappa shape index (κ1) is 16.3. The Kier molecular flexibility index (Phi) is 4.10. The van der Waals surface area contributed by atoms with Gasteiger partial charge in [-0.25, -0.2) is 15.2 Å². The lowest BCUT2D eigenvalue weighted by Gasteiger charge is -2.37. The van der Waals surface area contributed by atoms with E-state index in [2.05, 4.69) is 15.7 Å². The first-order valence-electron chi connectivity index (χ1n) is 7.84. The highest BCUT2D eigenvalue weighted by Crippen LogP contribution is 2.35. The van der Waals surface area contributed by atoms with Crippen LogP contribution in [-0.2, 0) is 4.79 Å². The van der Waals surface area contributed by atoms with Crippen LogP contribution in [0.4, 0.5) is 4.79 Å². The van der Waals surface area contributed by atoms with Crippen molar-refractivity contribution in [3.8, 4) is 0 Å². The van der Waals surface area contributed by atoms with Crippen LogP contribution in [-0.4, -0.2) is 51.7 Å². The maximum atomic E-state index is 12.8. The van der Waals surface area contributed by atoms with Gasteiger partial charge in [-0.2, -0.15) is 0 Å². The summed E-state index contributed by atoms with van der Waals surface area (Å²) in [6, 6.07) is -0.00313. The van der Waals surface area contributed by atoms with E-state index in [1.807, 2.05) is 20.8 Å². The minimum Gasteiger partial charge on any atom is -0.333 e. The molecule has 2 heterocycles. The monoisotopic (exact) mass is 339 g/mol. The van der Waals surface area contributed by atoms with Crippen LogP contribution in [0.3, 0.4) is 0 Å². The summed E-state index contributed by atoms with van der Waals surface area (Å²) in [7, 11) is 0. The van der Waals surface area contributed by atoms with Crippen molar-refractivity contribution in [1.29, 1.82) is 0 Å². The summed E-state index contributed by atoms with van der Waals surface area (Å²) in [4.78, 5) is 30.0. The zero-order chi connectivity index (χ0) is 16.8. The van der Waals surface area contributed by atoms with Crippen LogP contribution in [0.15, 0.2) is 16.9 Å². The molecule has 0 radical (unpaired) electrons. The molecule has 1 saturated carbocycles. The molecule has 0 aromatic heterocycles. The van der Waals surface area contributed by atoms with Gasteiger partial charge in [0.25, 0.3) is 0 Å². The topological polar surface area (TPSA) is 77.0 Å². The van der Waals surface area contributed by atoms with Crippen LogP contribution in [0.25, 0.3) is 0 Å². The Labute approximate surface area is 140 Å². The quantitative estimate of drug-likeness (QED) is 0.762. The number of amides is 2. The number of nitrogens with one attached hydrogen (secondary N) is 2. The van der Waals surface area contributed by atoms with Gasteiger partial charge in [0, 0.05) is 24.2 Å². The molecule has 2 fully saturated rings. The molecule has 3 rings (SSSR count). The number of rotatable bonds is 3. The number of aliphatic imine (C=N–C) groups is 1. The molecule has 2 unspecified atom stereocenters. The molecule has 0 aromatic carbocycles. The molecule has 7 nitrogen and oxygen atoms in total. The summed E-state index contributed by atoms with van der Waals surface area (Å²) in [6.45, 7) is 6.32. The molecule has 126 valence electrons. The Hall–Kier alpha value is -1.60. The lowest BCUT2D eigenvalue weighted by atomic mass is 10.1. The van der Waals surface area contributed by atoms with Crippen molar-refractivity contribution in [1.82, 2.24) is 20.7 Å².